The summed E-state index contributed by atoms with van der Waals surface area (Å²) in [6, 6.07) is 0. The van der Waals surface area contributed by atoms with Crippen LogP contribution < -0.4 is 0 Å². The Bertz CT molecular complexity index is 95.0. The molecule has 0 bridgehead atoms. The Kier molecular flexibility index (Phi) is 6.74. The first kappa shape index (κ1) is 9.78. The molecule has 0 aromatic carbocycles. The Balaban J connectivity index is 2.84. The summed E-state index contributed by atoms with van der Waals surface area (Å²) in [5, 5.41) is 8.14. The van der Waals surface area contributed by atoms with Gasteiger partial charge in [0.15, 0.2) is 0 Å². The quantitative estimate of drug-likeness (QED) is 0.591. The third kappa shape index (κ3) is 7.78. The molecule has 0 unspecified atom stereocenters. The van der Waals surface area contributed by atoms with Crippen molar-refractivity contribution in [3.63, 3.8) is 0 Å². The molecule has 0 aliphatic carbocycles. The second-order valence-electron chi connectivity index (χ2n) is 1.79. The molecule has 4 heteroatoms. The smallest absolute Gasteiger partial charge is 0.329 e. The van der Waals surface area contributed by atoms with Crippen LogP contribution in [0, 0.1) is 0 Å². The highest BCUT2D eigenvalue weighted by molar-refractivity contribution is 7.98. The normalized spacial score (nSPS) is 9.70. The van der Waals surface area contributed by atoms with Crippen molar-refractivity contribution in [2.24, 2.45) is 0 Å². The number of aliphatic carboxylic acids is 1. The molecule has 0 aromatic heterocycles. The molecule has 0 aliphatic rings. The van der Waals surface area contributed by atoms with Crippen LogP contribution in [-0.4, -0.2) is 36.3 Å². The maximum atomic E-state index is 9.90. The Morgan fingerprint density at radius 3 is 2.90 bits per heavy atom. The number of carboxylic acid groups (broad SMARTS) is 1. The van der Waals surface area contributed by atoms with Crippen molar-refractivity contribution in [1.82, 2.24) is 0 Å². The van der Waals surface area contributed by atoms with Crippen LogP contribution in [0.5, 0.6) is 0 Å². The first-order valence-electron chi connectivity index (χ1n) is 3.06. The Morgan fingerprint density at radius 1 is 1.70 bits per heavy atom. The van der Waals surface area contributed by atoms with Crippen LogP contribution in [0.15, 0.2) is 0 Å². The van der Waals surface area contributed by atoms with Gasteiger partial charge in [0.05, 0.1) is 0 Å². The van der Waals surface area contributed by atoms with Gasteiger partial charge in [0.25, 0.3) is 0 Å². The highest BCUT2D eigenvalue weighted by Crippen LogP contribution is 1.94. The van der Waals surface area contributed by atoms with E-state index in [-0.39, 0.29) is 6.61 Å². The predicted molar refractivity (Wildman–Crippen MR) is 41.5 cm³/mol. The van der Waals surface area contributed by atoms with E-state index >= 15 is 0 Å². The van der Waals surface area contributed by atoms with Gasteiger partial charge >= 0.3 is 5.97 Å². The minimum atomic E-state index is -0.899. The highest BCUT2D eigenvalue weighted by Gasteiger charge is 1.94. The van der Waals surface area contributed by atoms with E-state index in [0.717, 1.165) is 12.2 Å². The third-order valence-corrected chi connectivity index (χ3v) is 1.56. The van der Waals surface area contributed by atoms with Gasteiger partial charge in [-0.2, -0.15) is 11.8 Å². The molecular formula is C6H12O3S. The summed E-state index contributed by atoms with van der Waals surface area (Å²) in [5.74, 6) is 0.128. The first-order valence-corrected chi connectivity index (χ1v) is 4.45. The summed E-state index contributed by atoms with van der Waals surface area (Å²) in [6.45, 7) is 0.377. The molecule has 0 amide bonds. The SMILES string of the molecule is CSCCCOCC(=O)O. The summed E-state index contributed by atoms with van der Waals surface area (Å²) in [4.78, 5) is 9.90. The molecule has 0 radical (unpaired) electrons. The van der Waals surface area contributed by atoms with Crippen LogP contribution in [0.2, 0.25) is 0 Å². The molecule has 1 N–H and O–H groups in total. The van der Waals surface area contributed by atoms with Gasteiger partial charge in [-0.3, -0.25) is 0 Å². The molecule has 0 heterocycles. The van der Waals surface area contributed by atoms with Crippen LogP contribution in [0.1, 0.15) is 6.42 Å². The van der Waals surface area contributed by atoms with Gasteiger partial charge < -0.3 is 9.84 Å². The molecule has 0 saturated carbocycles. The van der Waals surface area contributed by atoms with E-state index in [2.05, 4.69) is 0 Å². The molecule has 0 atom stereocenters. The molecule has 3 nitrogen and oxygen atoms in total. The average Bonchev–Trinajstić information content (AvgIpc) is 1.87. The number of rotatable bonds is 6. The third-order valence-electron chi connectivity index (χ3n) is 0.863. The summed E-state index contributed by atoms with van der Waals surface area (Å²) in [5.41, 5.74) is 0. The standard InChI is InChI=1S/C6H12O3S/c1-10-4-2-3-9-5-6(7)8/h2-5H2,1H3,(H,7,8). The lowest BCUT2D eigenvalue weighted by Gasteiger charge is -1.98. The second kappa shape index (κ2) is 6.89. The van der Waals surface area contributed by atoms with Crippen LogP contribution in [-0.2, 0) is 9.53 Å². The maximum Gasteiger partial charge on any atom is 0.329 e. The first-order chi connectivity index (χ1) is 4.77. The highest BCUT2D eigenvalue weighted by atomic mass is 32.2. The Labute approximate surface area is 64.8 Å². The summed E-state index contributed by atoms with van der Waals surface area (Å²) >= 11 is 1.73. The minimum Gasteiger partial charge on any atom is -0.480 e. The molecule has 0 aromatic rings. The number of carboxylic acids is 1. The lowest BCUT2D eigenvalue weighted by Crippen LogP contribution is -2.07. The van der Waals surface area contributed by atoms with Crippen molar-refractivity contribution >= 4 is 17.7 Å². The zero-order valence-corrected chi connectivity index (χ0v) is 6.82. The number of thioether (sulfide) groups is 1. The van der Waals surface area contributed by atoms with Crippen LogP contribution in [0.4, 0.5) is 0 Å². The molecular weight excluding hydrogens is 152 g/mol. The zero-order valence-electron chi connectivity index (χ0n) is 6.00. The Hall–Kier alpha value is -0.220. The molecule has 60 valence electrons. The summed E-state index contributed by atoms with van der Waals surface area (Å²) in [6.07, 6.45) is 2.94. The zero-order chi connectivity index (χ0) is 7.82. The fourth-order valence-electron chi connectivity index (χ4n) is 0.465. The fourth-order valence-corrected chi connectivity index (χ4v) is 0.871. The largest absolute Gasteiger partial charge is 0.480 e. The number of hydrogen-bond acceptors (Lipinski definition) is 3. The lowest BCUT2D eigenvalue weighted by atomic mass is 10.5. The van der Waals surface area contributed by atoms with Crippen molar-refractivity contribution < 1.29 is 14.6 Å². The van der Waals surface area contributed by atoms with Gasteiger partial charge in [-0.05, 0) is 18.4 Å². The minimum absolute atomic E-state index is 0.172. The molecule has 0 rings (SSSR count). The number of hydrogen-bond donors (Lipinski definition) is 1. The van der Waals surface area contributed by atoms with E-state index in [1.165, 1.54) is 0 Å². The van der Waals surface area contributed by atoms with Gasteiger partial charge in [0.2, 0.25) is 0 Å². The summed E-state index contributed by atoms with van der Waals surface area (Å²) < 4.78 is 4.78. The molecule has 10 heavy (non-hydrogen) atoms. The van der Waals surface area contributed by atoms with Crippen LogP contribution >= 0.6 is 11.8 Å². The predicted octanol–water partition coefficient (Wildman–Crippen LogP) is 0.841. The van der Waals surface area contributed by atoms with Crippen LogP contribution in [0.25, 0.3) is 0 Å². The van der Waals surface area contributed by atoms with Crippen molar-refractivity contribution in [2.45, 2.75) is 6.42 Å². The van der Waals surface area contributed by atoms with E-state index in [1.54, 1.807) is 11.8 Å². The van der Waals surface area contributed by atoms with E-state index in [1.807, 2.05) is 6.26 Å². The van der Waals surface area contributed by atoms with E-state index in [9.17, 15) is 4.79 Å². The fraction of sp³-hybridized carbons (Fsp3) is 0.833. The van der Waals surface area contributed by atoms with Gasteiger partial charge in [-0.15, -0.1) is 0 Å². The average molecular weight is 164 g/mol. The van der Waals surface area contributed by atoms with Crippen molar-refractivity contribution in [3.8, 4) is 0 Å². The molecule has 0 spiro atoms. The monoisotopic (exact) mass is 164 g/mol. The van der Waals surface area contributed by atoms with Gasteiger partial charge in [-0.1, -0.05) is 0 Å². The Morgan fingerprint density at radius 2 is 2.40 bits per heavy atom. The van der Waals surface area contributed by atoms with Crippen LogP contribution in [0.3, 0.4) is 0 Å². The number of ether oxygens (including phenoxy) is 1. The second-order valence-corrected chi connectivity index (χ2v) is 2.78. The topological polar surface area (TPSA) is 46.5 Å². The molecule has 0 aliphatic heterocycles. The summed E-state index contributed by atoms with van der Waals surface area (Å²) in [7, 11) is 0. The maximum absolute atomic E-state index is 9.90. The van der Waals surface area contributed by atoms with Gasteiger partial charge in [0, 0.05) is 6.61 Å². The van der Waals surface area contributed by atoms with E-state index < -0.39 is 5.97 Å². The number of carbonyl (C=O) groups is 1. The van der Waals surface area contributed by atoms with Gasteiger partial charge in [0.1, 0.15) is 6.61 Å². The molecule has 0 saturated heterocycles. The van der Waals surface area contributed by atoms with E-state index in [0.29, 0.717) is 6.61 Å². The van der Waals surface area contributed by atoms with Crippen molar-refractivity contribution in [3.05, 3.63) is 0 Å². The van der Waals surface area contributed by atoms with Gasteiger partial charge in [-0.25, -0.2) is 4.79 Å². The van der Waals surface area contributed by atoms with Crippen molar-refractivity contribution in [1.29, 1.82) is 0 Å². The lowest BCUT2D eigenvalue weighted by molar-refractivity contribution is -0.142. The van der Waals surface area contributed by atoms with Crippen molar-refractivity contribution in [2.75, 3.05) is 25.2 Å². The molecule has 0 fully saturated rings. The van der Waals surface area contributed by atoms with E-state index in [4.69, 9.17) is 9.84 Å².